The minimum absolute atomic E-state index is 0.823. The molecule has 6 nitrogen and oxygen atoms in total. The second-order valence-corrected chi connectivity index (χ2v) is 3.83. The van der Waals surface area contributed by atoms with Crippen LogP contribution in [0.1, 0.15) is 12.5 Å². The van der Waals surface area contributed by atoms with E-state index in [9.17, 15) is 0 Å². The number of nitrogens with one attached hydrogen (secondary N) is 1. The summed E-state index contributed by atoms with van der Waals surface area (Å²) in [5.41, 5.74) is 8.79. The summed E-state index contributed by atoms with van der Waals surface area (Å²) in [4.78, 5) is 0. The molecule has 0 bridgehead atoms. The molecule has 0 aliphatic rings. The van der Waals surface area contributed by atoms with Gasteiger partial charge in [-0.3, -0.25) is 8.42 Å². The van der Waals surface area contributed by atoms with Gasteiger partial charge in [0.05, 0.1) is 0 Å². The lowest BCUT2D eigenvalue weighted by molar-refractivity contribution is 0.352. The fourth-order valence-electron chi connectivity index (χ4n) is 1.08. The molecule has 0 aromatic heterocycles. The van der Waals surface area contributed by atoms with E-state index >= 15 is 0 Å². The normalized spacial score (nSPS) is 10.2. The fourth-order valence-corrected chi connectivity index (χ4v) is 1.08. The number of benzene rings is 1. The Balaban J connectivity index is 0.000000385. The largest absolute Gasteiger partial charge is 0.759 e. The zero-order chi connectivity index (χ0) is 12.8. The average molecular weight is 246 g/mol. The maximum Gasteiger partial charge on any atom is 0.0371 e. The Bertz CT molecular complexity index is 423. The van der Waals surface area contributed by atoms with Crippen molar-refractivity contribution < 1.29 is 17.5 Å². The van der Waals surface area contributed by atoms with Crippen LogP contribution < -0.4 is 11.1 Å². The van der Waals surface area contributed by atoms with E-state index in [2.05, 4.69) is 12.2 Å². The van der Waals surface area contributed by atoms with E-state index in [0.29, 0.717) is 0 Å². The molecule has 0 heterocycles. The molecule has 16 heavy (non-hydrogen) atoms. The first-order chi connectivity index (χ1) is 7.24. The minimum atomic E-state index is -5.17. The van der Waals surface area contributed by atoms with Crippen molar-refractivity contribution in [3.63, 3.8) is 0 Å². The molecular weight excluding hydrogens is 232 g/mol. The molecule has 0 radical (unpaired) electrons. The molecule has 7 heteroatoms. The molecule has 0 spiro atoms. The van der Waals surface area contributed by atoms with Crippen LogP contribution in [0.5, 0.6) is 0 Å². The number of rotatable bonds is 2. The topological polar surface area (TPSA) is 118 Å². The van der Waals surface area contributed by atoms with E-state index in [1.165, 1.54) is 11.3 Å². The van der Waals surface area contributed by atoms with Crippen LogP contribution in [0, 0.1) is 6.92 Å². The van der Waals surface area contributed by atoms with Crippen LogP contribution in [-0.2, 0) is 10.4 Å². The number of nitrogen functional groups attached to an aromatic ring is 1. The maximum atomic E-state index is 8.52. The van der Waals surface area contributed by atoms with E-state index < -0.39 is 10.4 Å². The highest BCUT2D eigenvalue weighted by atomic mass is 32.3. The second-order valence-electron chi connectivity index (χ2n) is 3.01. The Morgan fingerprint density at radius 2 is 1.88 bits per heavy atom. The van der Waals surface area contributed by atoms with Crippen molar-refractivity contribution in [2.24, 2.45) is 0 Å². The predicted molar refractivity (Wildman–Crippen MR) is 60.2 cm³/mol. The maximum absolute atomic E-state index is 8.52. The van der Waals surface area contributed by atoms with Gasteiger partial charge in [0, 0.05) is 28.3 Å². The van der Waals surface area contributed by atoms with E-state index in [0.717, 1.165) is 12.2 Å². The second kappa shape index (κ2) is 6.31. The molecule has 92 valence electrons. The predicted octanol–water partition coefficient (Wildman–Crippen LogP) is 0.671. The molecule has 0 aliphatic carbocycles. The Morgan fingerprint density at radius 1 is 1.38 bits per heavy atom. The highest BCUT2D eigenvalue weighted by Gasteiger charge is 1.94. The van der Waals surface area contributed by atoms with Gasteiger partial charge >= 0.3 is 0 Å². The van der Waals surface area contributed by atoms with E-state index in [4.69, 9.17) is 23.3 Å². The Labute approximate surface area is 95.1 Å². The van der Waals surface area contributed by atoms with Crippen LogP contribution in [0.2, 0.25) is 0 Å². The third kappa shape index (κ3) is 8.04. The van der Waals surface area contributed by atoms with Crippen LogP contribution in [0.3, 0.4) is 0 Å². The minimum Gasteiger partial charge on any atom is -0.759 e. The van der Waals surface area contributed by atoms with Gasteiger partial charge in [0.2, 0.25) is 0 Å². The summed E-state index contributed by atoms with van der Waals surface area (Å²) < 4.78 is 34.1. The Hall–Kier alpha value is -1.31. The van der Waals surface area contributed by atoms with Gasteiger partial charge < -0.3 is 20.2 Å². The van der Waals surface area contributed by atoms with Gasteiger partial charge in [0.1, 0.15) is 0 Å². The molecule has 3 N–H and O–H groups in total. The third-order valence-electron chi connectivity index (χ3n) is 1.62. The van der Waals surface area contributed by atoms with Crippen LogP contribution in [0.25, 0.3) is 0 Å². The number of aryl methyl sites for hydroxylation is 1. The summed E-state index contributed by atoms with van der Waals surface area (Å²) in [6.07, 6.45) is 0. The number of hydrogen-bond donors (Lipinski definition) is 2. The summed E-state index contributed by atoms with van der Waals surface area (Å²) in [6.45, 7) is 5.08. The van der Waals surface area contributed by atoms with Crippen molar-refractivity contribution in [3.05, 3.63) is 23.8 Å². The Kier molecular flexibility index (Phi) is 5.79. The van der Waals surface area contributed by atoms with Gasteiger partial charge in [0.15, 0.2) is 0 Å². The van der Waals surface area contributed by atoms with Gasteiger partial charge in [-0.15, -0.1) is 0 Å². The first-order valence-corrected chi connectivity index (χ1v) is 5.84. The van der Waals surface area contributed by atoms with Gasteiger partial charge in [-0.25, -0.2) is 0 Å². The summed E-state index contributed by atoms with van der Waals surface area (Å²) in [5.74, 6) is 0. The van der Waals surface area contributed by atoms with Crippen molar-refractivity contribution in [1.29, 1.82) is 0 Å². The lowest BCUT2D eigenvalue weighted by atomic mass is 10.2. The molecule has 1 aromatic carbocycles. The van der Waals surface area contributed by atoms with Gasteiger partial charge in [-0.1, -0.05) is 0 Å². The average Bonchev–Trinajstić information content (AvgIpc) is 2.07. The smallest absolute Gasteiger partial charge is 0.0371 e. The molecule has 0 saturated heterocycles. The van der Waals surface area contributed by atoms with Gasteiger partial charge in [0.25, 0.3) is 0 Å². The third-order valence-corrected chi connectivity index (χ3v) is 1.62. The molecule has 0 fully saturated rings. The molecule has 1 aromatic rings. The first-order valence-electron chi connectivity index (χ1n) is 4.50. The van der Waals surface area contributed by atoms with E-state index in [1.807, 2.05) is 25.1 Å². The van der Waals surface area contributed by atoms with Crippen LogP contribution in [-0.4, -0.2) is 24.1 Å². The molecule has 1 rings (SSSR count). The summed E-state index contributed by atoms with van der Waals surface area (Å²) in [5, 5.41) is 3.25. The standard InChI is InChI=1S/C9H14N2.H2O4S/c1-3-11-9-5-4-8(10)6-7(9)2;1-5(2,3)4/h4-6,11H,3,10H2,1-2H3;(H2,1,2,3,4)/p-2. The summed E-state index contributed by atoms with van der Waals surface area (Å²) in [6, 6.07) is 5.89. The first kappa shape index (κ1) is 14.7. The van der Waals surface area contributed by atoms with Crippen molar-refractivity contribution >= 4 is 21.8 Å². The summed E-state index contributed by atoms with van der Waals surface area (Å²) >= 11 is 0. The highest BCUT2D eigenvalue weighted by Crippen LogP contribution is 2.16. The van der Waals surface area contributed by atoms with Crippen molar-refractivity contribution in [1.82, 2.24) is 0 Å². The SMILES string of the molecule is CCNc1ccc(N)cc1C.O=S(=O)([O-])[O-]. The van der Waals surface area contributed by atoms with Crippen LogP contribution in [0.15, 0.2) is 18.2 Å². The highest BCUT2D eigenvalue weighted by molar-refractivity contribution is 7.79. The van der Waals surface area contributed by atoms with Crippen molar-refractivity contribution in [2.45, 2.75) is 13.8 Å². The zero-order valence-corrected chi connectivity index (χ0v) is 9.87. The molecular formula is C9H14N2O4S-2. The molecule has 0 atom stereocenters. The van der Waals surface area contributed by atoms with Crippen LogP contribution in [0.4, 0.5) is 11.4 Å². The molecule has 0 aliphatic heterocycles. The monoisotopic (exact) mass is 246 g/mol. The van der Waals surface area contributed by atoms with Crippen molar-refractivity contribution in [3.8, 4) is 0 Å². The molecule has 0 amide bonds. The molecule has 0 unspecified atom stereocenters. The van der Waals surface area contributed by atoms with Gasteiger partial charge in [-0.2, -0.15) is 0 Å². The van der Waals surface area contributed by atoms with E-state index in [-0.39, 0.29) is 0 Å². The lowest BCUT2D eigenvalue weighted by Crippen LogP contribution is -1.99. The summed E-state index contributed by atoms with van der Waals surface area (Å²) in [7, 11) is -5.17. The van der Waals surface area contributed by atoms with Crippen LogP contribution >= 0.6 is 0 Å². The number of nitrogens with two attached hydrogens (primary N) is 1. The molecule has 0 saturated carbocycles. The zero-order valence-electron chi connectivity index (χ0n) is 9.06. The van der Waals surface area contributed by atoms with E-state index in [1.54, 1.807) is 0 Å². The lowest BCUT2D eigenvalue weighted by Gasteiger charge is -2.06. The van der Waals surface area contributed by atoms with Gasteiger partial charge in [-0.05, 0) is 37.6 Å². The number of hydrogen-bond acceptors (Lipinski definition) is 6. The number of anilines is 2. The van der Waals surface area contributed by atoms with Crippen molar-refractivity contribution in [2.75, 3.05) is 17.6 Å². The Morgan fingerprint density at radius 3 is 2.25 bits per heavy atom. The fraction of sp³-hybridized carbons (Fsp3) is 0.333. The quantitative estimate of drug-likeness (QED) is 0.450.